The van der Waals surface area contributed by atoms with Crippen LogP contribution in [-0.4, -0.2) is 27.6 Å². The molecule has 1 atom stereocenters. The first-order chi connectivity index (χ1) is 13.2. The van der Waals surface area contributed by atoms with Crippen LogP contribution in [0.5, 0.6) is 0 Å². The van der Waals surface area contributed by atoms with Gasteiger partial charge in [0.2, 0.25) is 0 Å². The van der Waals surface area contributed by atoms with Crippen LogP contribution in [0.1, 0.15) is 37.6 Å². The molecule has 0 fully saturated rings. The largest absolute Gasteiger partial charge is 0.370 e. The molecule has 0 amide bonds. The number of hydrogen-bond donors (Lipinski definition) is 2. The van der Waals surface area contributed by atoms with Crippen molar-refractivity contribution in [1.82, 2.24) is 15.1 Å². The van der Waals surface area contributed by atoms with E-state index >= 15 is 0 Å². The normalized spacial score (nSPS) is 12.3. The quantitative estimate of drug-likeness (QED) is 0.291. The smallest absolute Gasteiger partial charge is 0.276 e. The Bertz CT molecular complexity index is 879. The van der Waals surface area contributed by atoms with Gasteiger partial charge in [0.15, 0.2) is 11.8 Å². The minimum absolute atomic E-state index is 0. The van der Waals surface area contributed by atoms with Gasteiger partial charge in [-0.1, -0.05) is 37.2 Å². The van der Waals surface area contributed by atoms with Crippen molar-refractivity contribution >= 4 is 35.6 Å². The Morgan fingerprint density at radius 1 is 1.21 bits per heavy atom. The third-order valence-electron chi connectivity index (χ3n) is 4.33. The van der Waals surface area contributed by atoms with Gasteiger partial charge in [0.1, 0.15) is 5.69 Å². The molecule has 0 aliphatic carbocycles. The Labute approximate surface area is 181 Å². The number of nitrogens with one attached hydrogen (secondary N) is 1. The van der Waals surface area contributed by atoms with E-state index in [1.807, 2.05) is 30.3 Å². The van der Waals surface area contributed by atoms with E-state index in [2.05, 4.69) is 51.4 Å². The molecule has 1 aromatic carbocycles. The minimum atomic E-state index is 0. The van der Waals surface area contributed by atoms with Crippen LogP contribution >= 0.6 is 24.0 Å². The second-order valence-electron chi connectivity index (χ2n) is 6.30. The molecule has 0 saturated carbocycles. The molecule has 148 valence electrons. The van der Waals surface area contributed by atoms with Crippen molar-refractivity contribution in [3.05, 3.63) is 60.0 Å². The number of halogens is 1. The Balaban J connectivity index is 0.00000280. The maximum absolute atomic E-state index is 5.95. The fourth-order valence-electron chi connectivity index (χ4n) is 2.54. The van der Waals surface area contributed by atoms with E-state index in [-0.39, 0.29) is 24.0 Å². The number of nitrogens with zero attached hydrogens (tertiary/aromatic N) is 4. The van der Waals surface area contributed by atoms with E-state index in [0.717, 1.165) is 12.1 Å². The van der Waals surface area contributed by atoms with Crippen LogP contribution in [0.2, 0.25) is 0 Å². The first kappa shape index (κ1) is 21.8. The lowest BCUT2D eigenvalue weighted by molar-refractivity contribution is 0.421. The number of guanidine groups is 1. The van der Waals surface area contributed by atoms with E-state index in [1.54, 1.807) is 6.20 Å². The molecule has 2 aromatic heterocycles. The van der Waals surface area contributed by atoms with Gasteiger partial charge in [-0.3, -0.25) is 9.98 Å². The fraction of sp³-hybridized carbons (Fsp3) is 0.300. The van der Waals surface area contributed by atoms with Crippen LogP contribution < -0.4 is 11.1 Å². The number of rotatable bonds is 7. The van der Waals surface area contributed by atoms with Gasteiger partial charge in [-0.05, 0) is 42.2 Å². The maximum atomic E-state index is 5.95. The average molecular weight is 492 g/mol. The molecule has 3 N–H and O–H groups in total. The van der Waals surface area contributed by atoms with Crippen molar-refractivity contribution < 1.29 is 4.52 Å². The van der Waals surface area contributed by atoms with Crippen LogP contribution in [-0.2, 0) is 6.42 Å². The van der Waals surface area contributed by atoms with E-state index in [4.69, 9.17) is 10.3 Å². The number of aliphatic imine (C=N–C) groups is 1. The number of aromatic nitrogens is 3. The number of anilines is 1. The van der Waals surface area contributed by atoms with Gasteiger partial charge in [-0.15, -0.1) is 24.0 Å². The summed E-state index contributed by atoms with van der Waals surface area (Å²) in [6.45, 7) is 4.87. The van der Waals surface area contributed by atoms with Crippen molar-refractivity contribution in [2.45, 2.75) is 32.6 Å². The number of pyridine rings is 1. The molecule has 0 spiro atoms. The SMILES string of the molecule is CCC(C)c1ccc(NC(N)=NCCc2noc(-c3ccccn3)n2)cc1.I. The van der Waals surface area contributed by atoms with Crippen LogP contribution in [0.4, 0.5) is 5.69 Å². The Kier molecular flexibility index (Phi) is 8.37. The van der Waals surface area contributed by atoms with E-state index in [0.29, 0.717) is 42.3 Å². The van der Waals surface area contributed by atoms with Gasteiger partial charge >= 0.3 is 0 Å². The molecule has 8 heteroatoms. The van der Waals surface area contributed by atoms with Gasteiger partial charge in [0.05, 0.1) is 0 Å². The summed E-state index contributed by atoms with van der Waals surface area (Å²) in [4.78, 5) is 12.8. The molecule has 1 unspecified atom stereocenters. The molecule has 0 radical (unpaired) electrons. The summed E-state index contributed by atoms with van der Waals surface area (Å²) in [5.74, 6) is 1.89. The molecular weight excluding hydrogens is 467 g/mol. The zero-order chi connectivity index (χ0) is 19.1. The highest BCUT2D eigenvalue weighted by atomic mass is 127. The monoisotopic (exact) mass is 492 g/mol. The van der Waals surface area contributed by atoms with E-state index < -0.39 is 0 Å². The Morgan fingerprint density at radius 3 is 2.68 bits per heavy atom. The van der Waals surface area contributed by atoms with Gasteiger partial charge in [-0.25, -0.2) is 0 Å². The summed E-state index contributed by atoms with van der Waals surface area (Å²) < 4.78 is 5.22. The zero-order valence-electron chi connectivity index (χ0n) is 16.0. The zero-order valence-corrected chi connectivity index (χ0v) is 18.3. The van der Waals surface area contributed by atoms with Crippen molar-refractivity contribution in [2.24, 2.45) is 10.7 Å². The summed E-state index contributed by atoms with van der Waals surface area (Å²) in [6.07, 6.45) is 3.34. The molecular formula is C20H25IN6O. The molecule has 0 saturated heterocycles. The summed E-state index contributed by atoms with van der Waals surface area (Å²) in [5, 5.41) is 7.05. The molecule has 7 nitrogen and oxygen atoms in total. The third-order valence-corrected chi connectivity index (χ3v) is 4.33. The molecule has 3 rings (SSSR count). The topological polar surface area (TPSA) is 102 Å². The lowest BCUT2D eigenvalue weighted by atomic mass is 9.99. The Morgan fingerprint density at radius 2 is 2.00 bits per heavy atom. The maximum Gasteiger partial charge on any atom is 0.276 e. The van der Waals surface area contributed by atoms with Crippen molar-refractivity contribution in [3.8, 4) is 11.6 Å². The number of benzene rings is 1. The fourth-order valence-corrected chi connectivity index (χ4v) is 2.54. The van der Waals surface area contributed by atoms with Crippen LogP contribution in [0.25, 0.3) is 11.6 Å². The van der Waals surface area contributed by atoms with Crippen LogP contribution in [0.15, 0.2) is 58.2 Å². The lowest BCUT2D eigenvalue weighted by Crippen LogP contribution is -2.23. The molecule has 0 aliphatic heterocycles. The van der Waals surface area contributed by atoms with Crippen LogP contribution in [0.3, 0.4) is 0 Å². The van der Waals surface area contributed by atoms with E-state index in [9.17, 15) is 0 Å². The highest BCUT2D eigenvalue weighted by molar-refractivity contribution is 14.0. The second-order valence-corrected chi connectivity index (χ2v) is 6.30. The molecule has 3 aromatic rings. The lowest BCUT2D eigenvalue weighted by Gasteiger charge is -2.10. The number of hydrogen-bond acceptors (Lipinski definition) is 5. The first-order valence-corrected chi connectivity index (χ1v) is 9.06. The summed E-state index contributed by atoms with van der Waals surface area (Å²) in [5.41, 5.74) is 8.85. The molecule has 0 bridgehead atoms. The standard InChI is InChI=1S/C20H24N6O.HI/c1-3-14(2)15-7-9-16(10-8-15)24-20(21)23-13-11-18-25-19(27-26-18)17-6-4-5-12-22-17;/h4-10,12,14H,3,11,13H2,1-2H3,(H3,21,23,24);1H. The van der Waals surface area contributed by atoms with Gasteiger partial charge in [0.25, 0.3) is 5.89 Å². The number of nitrogens with two attached hydrogens (primary N) is 1. The third kappa shape index (κ3) is 6.01. The predicted molar refractivity (Wildman–Crippen MR) is 122 cm³/mol. The van der Waals surface area contributed by atoms with Gasteiger partial charge in [0, 0.05) is 24.8 Å². The highest BCUT2D eigenvalue weighted by Gasteiger charge is 2.09. The average Bonchev–Trinajstić information content (AvgIpc) is 3.17. The summed E-state index contributed by atoms with van der Waals surface area (Å²) in [7, 11) is 0. The van der Waals surface area contributed by atoms with Crippen molar-refractivity contribution in [3.63, 3.8) is 0 Å². The summed E-state index contributed by atoms with van der Waals surface area (Å²) >= 11 is 0. The second kappa shape index (κ2) is 10.7. The molecule has 0 aliphatic rings. The Hall–Kier alpha value is -2.49. The van der Waals surface area contributed by atoms with Crippen molar-refractivity contribution in [1.29, 1.82) is 0 Å². The minimum Gasteiger partial charge on any atom is -0.370 e. The predicted octanol–water partition coefficient (Wildman–Crippen LogP) is 4.23. The van der Waals surface area contributed by atoms with Gasteiger partial charge < -0.3 is 15.6 Å². The summed E-state index contributed by atoms with van der Waals surface area (Å²) in [6, 6.07) is 13.8. The first-order valence-electron chi connectivity index (χ1n) is 9.06. The van der Waals surface area contributed by atoms with Gasteiger partial charge in [-0.2, -0.15) is 4.98 Å². The molecule has 28 heavy (non-hydrogen) atoms. The molecule has 2 heterocycles. The van der Waals surface area contributed by atoms with Crippen molar-refractivity contribution in [2.75, 3.05) is 11.9 Å². The van der Waals surface area contributed by atoms with E-state index in [1.165, 1.54) is 5.56 Å². The highest BCUT2D eigenvalue weighted by Crippen LogP contribution is 2.20. The van der Waals surface area contributed by atoms with Crippen LogP contribution in [0, 0.1) is 0 Å².